The van der Waals surface area contributed by atoms with E-state index in [0.29, 0.717) is 32.8 Å². The van der Waals surface area contributed by atoms with Gasteiger partial charge in [-0.3, -0.25) is 19.4 Å². The fourth-order valence-electron chi connectivity index (χ4n) is 3.17. The van der Waals surface area contributed by atoms with Gasteiger partial charge in [0.15, 0.2) is 0 Å². The van der Waals surface area contributed by atoms with Crippen molar-refractivity contribution in [2.75, 3.05) is 46.4 Å². The first kappa shape index (κ1) is 16.7. The molecule has 3 rings (SSSR count). The summed E-state index contributed by atoms with van der Waals surface area (Å²) in [6, 6.07) is 7.23. The Morgan fingerprint density at radius 1 is 1.25 bits per heavy atom. The number of para-hydroxylation sites is 1. The van der Waals surface area contributed by atoms with E-state index in [1.165, 1.54) is 0 Å². The van der Waals surface area contributed by atoms with Crippen LogP contribution in [0.3, 0.4) is 0 Å². The molecule has 0 bridgehead atoms. The Bertz CT molecular complexity index is 622. The molecule has 1 atom stereocenters. The monoisotopic (exact) mass is 333 g/mol. The Morgan fingerprint density at radius 3 is 2.83 bits per heavy atom. The number of nitrogens with zero attached hydrogens (tertiary/aromatic N) is 3. The molecule has 0 aliphatic carbocycles. The van der Waals surface area contributed by atoms with Crippen LogP contribution >= 0.6 is 0 Å². The predicted octanol–water partition coefficient (Wildman–Crippen LogP) is 0.108. The fraction of sp³-hybridized carbons (Fsp3) is 0.529. The van der Waals surface area contributed by atoms with Crippen LogP contribution in [0.15, 0.2) is 24.3 Å². The van der Waals surface area contributed by atoms with Crippen LogP contribution in [0.2, 0.25) is 0 Å². The van der Waals surface area contributed by atoms with E-state index in [-0.39, 0.29) is 19.0 Å². The van der Waals surface area contributed by atoms with Crippen molar-refractivity contribution in [3.8, 4) is 5.75 Å². The lowest BCUT2D eigenvalue weighted by molar-refractivity contribution is -0.148. The summed E-state index contributed by atoms with van der Waals surface area (Å²) in [5.41, 5.74) is 1.07. The highest BCUT2D eigenvalue weighted by molar-refractivity contribution is 5.80. The van der Waals surface area contributed by atoms with E-state index in [1.54, 1.807) is 16.8 Å². The van der Waals surface area contributed by atoms with Crippen LogP contribution in [0.4, 0.5) is 0 Å². The molecule has 0 aromatic heterocycles. The number of likely N-dealkylation sites (N-methyl/N-ethyl adjacent to an activating group) is 1. The number of fused-ring (bicyclic) bond motifs is 1. The van der Waals surface area contributed by atoms with Crippen molar-refractivity contribution in [2.24, 2.45) is 0 Å². The number of hydrogen-bond acceptors (Lipinski definition) is 5. The Kier molecular flexibility index (Phi) is 5.01. The predicted molar refractivity (Wildman–Crippen MR) is 87.8 cm³/mol. The topological polar surface area (TPSA) is 73.3 Å². The molecule has 0 spiro atoms. The number of benzene rings is 1. The number of hydrogen-bond donors (Lipinski definition) is 1. The molecule has 1 N–H and O–H groups in total. The maximum absolute atomic E-state index is 12.6. The molecule has 7 heteroatoms. The molecule has 2 aliphatic rings. The van der Waals surface area contributed by atoms with E-state index in [2.05, 4.69) is 4.90 Å². The first-order chi connectivity index (χ1) is 11.5. The average Bonchev–Trinajstić information content (AvgIpc) is 2.76. The van der Waals surface area contributed by atoms with E-state index in [9.17, 15) is 14.7 Å². The van der Waals surface area contributed by atoms with E-state index in [0.717, 1.165) is 11.3 Å². The maximum Gasteiger partial charge on any atom is 0.322 e. The number of carboxylic acids is 1. The molecular weight excluding hydrogens is 310 g/mol. The second-order valence-corrected chi connectivity index (χ2v) is 6.34. The van der Waals surface area contributed by atoms with Gasteiger partial charge in [0.1, 0.15) is 18.4 Å². The van der Waals surface area contributed by atoms with Gasteiger partial charge in [0.05, 0.1) is 6.54 Å². The molecular formula is C17H23N3O4. The van der Waals surface area contributed by atoms with Gasteiger partial charge in [-0.15, -0.1) is 0 Å². The summed E-state index contributed by atoms with van der Waals surface area (Å²) >= 11 is 0. The fourth-order valence-corrected chi connectivity index (χ4v) is 3.17. The molecule has 1 aromatic rings. The Balaban J connectivity index is 1.61. The van der Waals surface area contributed by atoms with Crippen molar-refractivity contribution in [2.45, 2.75) is 12.6 Å². The minimum absolute atomic E-state index is 0.0197. The van der Waals surface area contributed by atoms with Crippen LogP contribution in [0.25, 0.3) is 0 Å². The number of carbonyl (C=O) groups is 2. The number of amides is 1. The number of carboxylic acid groups (broad SMARTS) is 1. The van der Waals surface area contributed by atoms with Gasteiger partial charge in [0.25, 0.3) is 0 Å². The quantitative estimate of drug-likeness (QED) is 0.846. The molecule has 0 saturated carbocycles. The molecule has 1 saturated heterocycles. The highest BCUT2D eigenvalue weighted by Gasteiger charge is 2.32. The molecule has 1 aromatic carbocycles. The minimum Gasteiger partial charge on any atom is -0.492 e. The van der Waals surface area contributed by atoms with Crippen molar-refractivity contribution in [1.29, 1.82) is 0 Å². The van der Waals surface area contributed by atoms with Crippen LogP contribution in [-0.2, 0) is 16.1 Å². The van der Waals surface area contributed by atoms with E-state index < -0.39 is 12.0 Å². The van der Waals surface area contributed by atoms with Gasteiger partial charge in [-0.2, -0.15) is 0 Å². The lowest BCUT2D eigenvalue weighted by Gasteiger charge is -2.37. The van der Waals surface area contributed by atoms with Crippen molar-refractivity contribution in [3.05, 3.63) is 29.8 Å². The largest absolute Gasteiger partial charge is 0.492 e. The minimum atomic E-state index is -0.882. The average molecular weight is 333 g/mol. The molecule has 130 valence electrons. The van der Waals surface area contributed by atoms with Crippen molar-refractivity contribution >= 4 is 11.9 Å². The molecule has 24 heavy (non-hydrogen) atoms. The van der Waals surface area contributed by atoms with E-state index in [1.807, 2.05) is 24.3 Å². The third kappa shape index (κ3) is 3.68. The molecule has 1 fully saturated rings. The van der Waals surface area contributed by atoms with Gasteiger partial charge in [-0.05, 0) is 13.1 Å². The third-order valence-corrected chi connectivity index (χ3v) is 4.68. The van der Waals surface area contributed by atoms with Crippen LogP contribution in [-0.4, -0.2) is 84.1 Å². The van der Waals surface area contributed by atoms with Crippen molar-refractivity contribution in [3.63, 3.8) is 0 Å². The zero-order valence-corrected chi connectivity index (χ0v) is 13.9. The number of carbonyl (C=O) groups excluding carboxylic acids is 1. The highest BCUT2D eigenvalue weighted by Crippen LogP contribution is 2.22. The Labute approximate surface area is 141 Å². The molecule has 1 amide bonds. The van der Waals surface area contributed by atoms with Crippen LogP contribution in [0, 0.1) is 0 Å². The third-order valence-electron chi connectivity index (χ3n) is 4.68. The summed E-state index contributed by atoms with van der Waals surface area (Å²) < 4.78 is 5.72. The zero-order valence-electron chi connectivity index (χ0n) is 13.9. The summed E-state index contributed by atoms with van der Waals surface area (Å²) in [5, 5.41) is 9.27. The lowest BCUT2D eigenvalue weighted by atomic mass is 10.1. The van der Waals surface area contributed by atoms with Gasteiger partial charge in [0, 0.05) is 38.3 Å². The number of rotatable bonds is 3. The summed E-state index contributed by atoms with van der Waals surface area (Å²) in [6.07, 6.45) is 0. The summed E-state index contributed by atoms with van der Waals surface area (Å²) in [5.74, 6) is -0.0289. The normalized spacial score (nSPS) is 22.4. The molecule has 0 radical (unpaired) electrons. The summed E-state index contributed by atoms with van der Waals surface area (Å²) in [4.78, 5) is 29.4. The smallest absolute Gasteiger partial charge is 0.322 e. The maximum atomic E-state index is 12.6. The summed E-state index contributed by atoms with van der Waals surface area (Å²) in [6.45, 7) is 3.56. The van der Waals surface area contributed by atoms with Gasteiger partial charge in [-0.25, -0.2) is 0 Å². The zero-order chi connectivity index (χ0) is 17.1. The van der Waals surface area contributed by atoms with Crippen LogP contribution < -0.4 is 4.74 Å². The first-order valence-electron chi connectivity index (χ1n) is 8.18. The van der Waals surface area contributed by atoms with Crippen LogP contribution in [0.1, 0.15) is 5.56 Å². The second-order valence-electron chi connectivity index (χ2n) is 6.34. The van der Waals surface area contributed by atoms with Gasteiger partial charge < -0.3 is 14.7 Å². The standard InChI is InChI=1S/C17H23N3O4/c1-18-6-7-20(11-14(18)17(22)23)16(21)12-19-8-9-24-15-5-3-2-4-13(15)10-19/h2-5,14H,6-12H2,1H3,(H,22,23)/t14-/m1/s1. The van der Waals surface area contributed by atoms with Gasteiger partial charge in [0.2, 0.25) is 5.91 Å². The Morgan fingerprint density at radius 2 is 2.04 bits per heavy atom. The summed E-state index contributed by atoms with van der Waals surface area (Å²) in [7, 11) is 1.78. The van der Waals surface area contributed by atoms with Crippen LogP contribution in [0.5, 0.6) is 5.75 Å². The van der Waals surface area contributed by atoms with E-state index in [4.69, 9.17) is 4.74 Å². The van der Waals surface area contributed by atoms with Crippen molar-refractivity contribution < 1.29 is 19.4 Å². The molecule has 2 heterocycles. The molecule has 7 nitrogen and oxygen atoms in total. The highest BCUT2D eigenvalue weighted by atomic mass is 16.5. The Hall–Kier alpha value is -2.12. The number of ether oxygens (including phenoxy) is 1. The van der Waals surface area contributed by atoms with Crippen molar-refractivity contribution in [1.82, 2.24) is 14.7 Å². The number of aliphatic carboxylic acids is 1. The SMILES string of the molecule is CN1CCN(C(=O)CN2CCOc3ccccc3C2)C[C@@H]1C(=O)O. The second kappa shape index (κ2) is 7.19. The van der Waals surface area contributed by atoms with E-state index >= 15 is 0 Å². The molecule has 0 unspecified atom stereocenters. The van der Waals surface area contributed by atoms with Gasteiger partial charge in [-0.1, -0.05) is 18.2 Å². The molecule has 2 aliphatic heterocycles. The lowest BCUT2D eigenvalue weighted by Crippen LogP contribution is -2.57. The van der Waals surface area contributed by atoms with Gasteiger partial charge >= 0.3 is 5.97 Å². The number of piperazine rings is 1. The first-order valence-corrected chi connectivity index (χ1v) is 8.18.